The Morgan fingerprint density at radius 3 is 1.69 bits per heavy atom. The number of carboxylic acids is 1. The van der Waals surface area contributed by atoms with Gasteiger partial charge in [-0.3, -0.25) is 9.79 Å². The van der Waals surface area contributed by atoms with Crippen molar-refractivity contribution in [2.24, 2.45) is 4.99 Å². The summed E-state index contributed by atoms with van der Waals surface area (Å²) in [6.07, 6.45) is 23.8. The molecule has 4 N–H and O–H groups in total. The molecule has 1 aliphatic heterocycles. The molecule has 0 spiro atoms. The molecule has 1 heterocycles. The largest absolute Gasteiger partial charge is 1.00 e. The van der Waals surface area contributed by atoms with Gasteiger partial charge < -0.3 is 22.0 Å². The van der Waals surface area contributed by atoms with Gasteiger partial charge >= 0.3 is 35.5 Å². The minimum atomic E-state index is -1.05. The number of hydrogen-bond donors (Lipinski definition) is 2. The normalized spacial score (nSPS) is 14.6. The second kappa shape index (κ2) is 22.6. The van der Waals surface area contributed by atoms with E-state index in [1.54, 1.807) is 6.34 Å². The Labute approximate surface area is 220 Å². The van der Waals surface area contributed by atoms with E-state index in [4.69, 9.17) is 5.11 Å². The molecule has 1 unspecified atom stereocenters. The molecule has 32 heavy (non-hydrogen) atoms. The maximum atomic E-state index is 10.9. The van der Waals surface area contributed by atoms with Crippen LogP contribution in [0.5, 0.6) is 0 Å². The molecular weight excluding hydrogens is 415 g/mol. The third-order valence-electron chi connectivity index (χ3n) is 6.40. The number of nitrogens with zero attached hydrogens (tertiary/aromatic N) is 2. The fourth-order valence-electron chi connectivity index (χ4n) is 4.37. The molecule has 0 aromatic heterocycles. The van der Waals surface area contributed by atoms with Gasteiger partial charge in [-0.15, -0.1) is 0 Å². The Kier molecular flexibility index (Phi) is 24.1. The van der Waals surface area contributed by atoms with Crippen LogP contribution in [0.2, 0.25) is 0 Å². The van der Waals surface area contributed by atoms with Crippen molar-refractivity contribution in [2.45, 2.75) is 135 Å². The quantitative estimate of drug-likeness (QED) is 0.200. The molecule has 0 amide bonds. The van der Waals surface area contributed by atoms with Crippen molar-refractivity contribution in [3.05, 3.63) is 0 Å². The van der Waals surface area contributed by atoms with E-state index in [0.29, 0.717) is 19.5 Å². The number of hydrogen-bond acceptors (Lipinski definition) is 4. The molecule has 186 valence electrons. The second-order valence-electron chi connectivity index (χ2n) is 9.14. The third-order valence-corrected chi connectivity index (χ3v) is 6.40. The predicted octanol–water partition coefficient (Wildman–Crippen LogP) is 2.83. The summed E-state index contributed by atoms with van der Waals surface area (Å²) in [6, 6.07) is 0. The number of aliphatic carboxylic acids is 1. The zero-order valence-electron chi connectivity index (χ0n) is 22.1. The van der Waals surface area contributed by atoms with Crippen molar-refractivity contribution in [1.29, 1.82) is 0 Å². The number of aliphatic hydroxyl groups is 1. The van der Waals surface area contributed by atoms with Gasteiger partial charge in [0.25, 0.3) is 0 Å². The molecule has 6 nitrogen and oxygen atoms in total. The fraction of sp³-hybridized carbons (Fsp3) is 0.920. The zero-order chi connectivity index (χ0) is 21.9. The van der Waals surface area contributed by atoms with Crippen LogP contribution in [0.25, 0.3) is 0 Å². The van der Waals surface area contributed by atoms with Crippen LogP contribution in [0.3, 0.4) is 0 Å². The molecule has 1 rings (SSSR count). The molecule has 0 saturated heterocycles. The first-order valence-electron chi connectivity index (χ1n) is 12.8. The van der Waals surface area contributed by atoms with Crippen molar-refractivity contribution in [2.75, 3.05) is 13.1 Å². The van der Waals surface area contributed by atoms with Gasteiger partial charge in [0.15, 0.2) is 0 Å². The second-order valence-corrected chi connectivity index (χ2v) is 9.14. The summed E-state index contributed by atoms with van der Waals surface area (Å²) in [5.74, 6) is -0.850. The van der Waals surface area contributed by atoms with Crippen molar-refractivity contribution in [3.8, 4) is 0 Å². The summed E-state index contributed by atoms with van der Waals surface area (Å²) in [5.41, 5.74) is -1.05. The standard InChI is InChI=1S/C25H48N2O3.Na.H2O.H/c1-2-3-4-5-6-7-8-9-10-11-12-13-14-15-16-17-19-25(30,20-18-24(28)29)27-22-21-26-23-27;;;/h23,30H,2-22H2,1H3,(H,28,29);;1H2;/q;+1;;-1. The zero-order valence-corrected chi connectivity index (χ0v) is 23.1. The van der Waals surface area contributed by atoms with Crippen LogP contribution in [0.4, 0.5) is 0 Å². The monoisotopic (exact) mass is 466 g/mol. The van der Waals surface area contributed by atoms with Crippen LogP contribution in [0, 0.1) is 0 Å². The van der Waals surface area contributed by atoms with Crippen molar-refractivity contribution in [3.63, 3.8) is 0 Å². The summed E-state index contributed by atoms with van der Waals surface area (Å²) in [5, 5.41) is 19.9. The van der Waals surface area contributed by atoms with E-state index in [0.717, 1.165) is 12.8 Å². The summed E-state index contributed by atoms with van der Waals surface area (Å²) < 4.78 is 0. The van der Waals surface area contributed by atoms with Gasteiger partial charge in [-0.1, -0.05) is 103 Å². The predicted molar refractivity (Wildman–Crippen MR) is 131 cm³/mol. The van der Waals surface area contributed by atoms with Gasteiger partial charge in [-0.05, 0) is 12.8 Å². The first-order chi connectivity index (χ1) is 14.6. The molecule has 7 heteroatoms. The van der Waals surface area contributed by atoms with Crippen LogP contribution in [0.1, 0.15) is 130 Å². The number of unbranched alkanes of at least 4 members (excludes halogenated alkanes) is 15. The first-order valence-corrected chi connectivity index (χ1v) is 12.8. The number of aliphatic imine (C=N–C) groups is 1. The summed E-state index contributed by atoms with van der Waals surface area (Å²) in [6.45, 7) is 3.65. The van der Waals surface area contributed by atoms with Gasteiger partial charge in [0.2, 0.25) is 0 Å². The number of carboxylic acid groups (broad SMARTS) is 1. The maximum Gasteiger partial charge on any atom is 1.00 e. The summed E-state index contributed by atoms with van der Waals surface area (Å²) in [4.78, 5) is 16.9. The van der Waals surface area contributed by atoms with Gasteiger partial charge in [-0.25, -0.2) is 0 Å². The first kappa shape index (κ1) is 34.0. The average molecular weight is 467 g/mol. The molecule has 1 aliphatic rings. The van der Waals surface area contributed by atoms with Crippen LogP contribution >= 0.6 is 0 Å². The molecule has 1 atom stereocenters. The van der Waals surface area contributed by atoms with E-state index in [2.05, 4.69) is 11.9 Å². The smallest absolute Gasteiger partial charge is 1.00 e. The van der Waals surface area contributed by atoms with Gasteiger partial charge in [0.1, 0.15) is 5.72 Å². The summed E-state index contributed by atoms with van der Waals surface area (Å²) >= 11 is 0. The molecule has 0 bridgehead atoms. The average Bonchev–Trinajstić information content (AvgIpc) is 3.28. The molecule has 0 fully saturated rings. The Bertz CT molecular complexity index is 472. The van der Waals surface area contributed by atoms with Gasteiger partial charge in [-0.2, -0.15) is 0 Å². The Morgan fingerprint density at radius 1 is 0.875 bits per heavy atom. The number of rotatable bonds is 21. The van der Waals surface area contributed by atoms with Crippen LogP contribution in [-0.4, -0.2) is 51.7 Å². The third kappa shape index (κ3) is 17.4. The van der Waals surface area contributed by atoms with E-state index < -0.39 is 11.7 Å². The minimum absolute atomic E-state index is 0. The molecule has 0 aromatic rings. The van der Waals surface area contributed by atoms with E-state index >= 15 is 0 Å². The van der Waals surface area contributed by atoms with Crippen LogP contribution in [-0.2, 0) is 4.79 Å². The van der Waals surface area contributed by atoms with Crippen LogP contribution < -0.4 is 29.6 Å². The Balaban J connectivity index is -0.00000300. The van der Waals surface area contributed by atoms with Gasteiger partial charge in [0.05, 0.1) is 12.9 Å². The van der Waals surface area contributed by atoms with Crippen molar-refractivity contribution in [1.82, 2.24) is 4.90 Å². The maximum absolute atomic E-state index is 10.9. The Morgan fingerprint density at radius 2 is 1.31 bits per heavy atom. The molecule has 0 radical (unpaired) electrons. The molecular formula is C25H51N2NaO4. The SMILES string of the molecule is CCCCCCCCCCCCCCCCCCC(O)(CCC(=O)O)N1C=NCC1.O.[H-].[Na+]. The van der Waals surface area contributed by atoms with E-state index in [-0.39, 0.29) is 49.3 Å². The summed E-state index contributed by atoms with van der Waals surface area (Å²) in [7, 11) is 0. The Hall–Kier alpha value is -0.140. The molecule has 0 aliphatic carbocycles. The van der Waals surface area contributed by atoms with E-state index in [1.807, 2.05) is 4.90 Å². The van der Waals surface area contributed by atoms with Crippen molar-refractivity contribution < 1.29 is 51.5 Å². The van der Waals surface area contributed by atoms with E-state index in [1.165, 1.54) is 89.9 Å². The van der Waals surface area contributed by atoms with E-state index in [9.17, 15) is 9.90 Å². The van der Waals surface area contributed by atoms with Crippen LogP contribution in [0.15, 0.2) is 4.99 Å². The molecule has 0 saturated carbocycles. The van der Waals surface area contributed by atoms with Crippen molar-refractivity contribution >= 4 is 12.3 Å². The molecule has 0 aromatic carbocycles. The minimum Gasteiger partial charge on any atom is -1.00 e. The number of carbonyl (C=O) groups is 1. The van der Waals surface area contributed by atoms with Gasteiger partial charge in [0, 0.05) is 19.4 Å². The topological polar surface area (TPSA) is 105 Å². The fourth-order valence-corrected chi connectivity index (χ4v) is 4.37.